The molecule has 1 fully saturated rings. The second kappa shape index (κ2) is 10.2. The number of hydrogen-bond donors (Lipinski definition) is 3. The number of H-pyrrole nitrogens is 1. The molecule has 3 heterocycles. The maximum absolute atomic E-state index is 15.7. The Balaban J connectivity index is 1.50. The third-order valence-corrected chi connectivity index (χ3v) is 7.45. The summed E-state index contributed by atoms with van der Waals surface area (Å²) < 4.78 is 72.5. The fourth-order valence-electron chi connectivity index (χ4n) is 5.67. The van der Waals surface area contributed by atoms with Crippen LogP contribution in [-0.2, 0) is 6.42 Å². The molecule has 0 saturated carbocycles. The van der Waals surface area contributed by atoms with Crippen LogP contribution in [0.5, 0.6) is 0 Å². The molecule has 3 aromatic rings. The number of anilines is 1. The number of aliphatic hydroxyl groups is 1. The lowest BCUT2D eigenvalue weighted by atomic mass is 9.87. The Labute approximate surface area is 212 Å². The number of hydrogen-bond acceptors (Lipinski definition) is 4. The van der Waals surface area contributed by atoms with E-state index >= 15 is 8.78 Å². The highest BCUT2D eigenvalue weighted by Gasteiger charge is 2.43. The minimum Gasteiger partial charge on any atom is -0.390 e. The van der Waals surface area contributed by atoms with Crippen molar-refractivity contribution in [2.75, 3.05) is 44.8 Å². The van der Waals surface area contributed by atoms with Gasteiger partial charge in [0.1, 0.15) is 18.2 Å². The minimum absolute atomic E-state index is 0.0148. The van der Waals surface area contributed by atoms with Crippen LogP contribution < -0.4 is 5.32 Å². The van der Waals surface area contributed by atoms with Crippen LogP contribution in [-0.4, -0.2) is 77.4 Å². The first-order valence-corrected chi connectivity index (χ1v) is 12.6. The Morgan fingerprint density at radius 1 is 1.14 bits per heavy atom. The quantitative estimate of drug-likeness (QED) is 0.351. The molecule has 2 atom stereocenters. The van der Waals surface area contributed by atoms with Gasteiger partial charge >= 0.3 is 0 Å². The van der Waals surface area contributed by atoms with E-state index in [1.807, 2.05) is 24.3 Å². The average molecular weight is 523 g/mol. The molecule has 2 aliphatic heterocycles. The first kappa shape index (κ1) is 25.9. The largest absolute Gasteiger partial charge is 0.390 e. The maximum atomic E-state index is 15.7. The van der Waals surface area contributed by atoms with Crippen molar-refractivity contribution in [1.29, 1.82) is 0 Å². The van der Waals surface area contributed by atoms with Crippen LogP contribution in [0.25, 0.3) is 10.9 Å². The number of nitrogens with zero attached hydrogens (tertiary/aromatic N) is 2. The highest BCUT2D eigenvalue weighted by molar-refractivity contribution is 5.85. The molecule has 5 rings (SSSR count). The maximum Gasteiger partial charge on any atom is 0.283 e. The summed E-state index contributed by atoms with van der Waals surface area (Å²) in [5.41, 5.74) is 2.05. The normalized spacial score (nSPS) is 21.3. The molecule has 0 spiro atoms. The SMILES string of the molecule is C[C@H]1Cc2c([nH]c3ccccc23)C(c2c(F)cc(NC3CN(CCCF)C3)cc2F)N1CC(F)(F)CO. The molecule has 3 N–H and O–H groups in total. The molecule has 1 unspecified atom stereocenters. The number of fused-ring (bicyclic) bond motifs is 3. The number of nitrogens with one attached hydrogen (secondary N) is 2. The Morgan fingerprint density at radius 3 is 2.51 bits per heavy atom. The molecule has 0 radical (unpaired) electrons. The van der Waals surface area contributed by atoms with Crippen molar-refractivity contribution in [2.24, 2.45) is 0 Å². The smallest absolute Gasteiger partial charge is 0.283 e. The molecule has 1 aromatic heterocycles. The number of rotatable bonds is 9. The number of halogens is 5. The van der Waals surface area contributed by atoms with E-state index in [0.29, 0.717) is 38.2 Å². The molecule has 2 aromatic carbocycles. The van der Waals surface area contributed by atoms with Crippen molar-refractivity contribution in [1.82, 2.24) is 14.8 Å². The predicted octanol–water partition coefficient (Wildman–Crippen LogP) is 4.87. The van der Waals surface area contributed by atoms with Crippen LogP contribution in [0.3, 0.4) is 0 Å². The highest BCUT2D eigenvalue weighted by Crippen LogP contribution is 2.43. The van der Waals surface area contributed by atoms with Crippen LogP contribution in [0.15, 0.2) is 36.4 Å². The lowest BCUT2D eigenvalue weighted by Gasteiger charge is -2.42. The van der Waals surface area contributed by atoms with Crippen molar-refractivity contribution in [2.45, 2.75) is 43.8 Å². The first-order valence-electron chi connectivity index (χ1n) is 12.6. The van der Waals surface area contributed by atoms with Crippen molar-refractivity contribution < 1.29 is 27.1 Å². The molecule has 0 aliphatic carbocycles. The van der Waals surface area contributed by atoms with Gasteiger partial charge in [-0.3, -0.25) is 14.2 Å². The Bertz CT molecular complexity index is 1240. The molecule has 10 heteroatoms. The van der Waals surface area contributed by atoms with Crippen molar-refractivity contribution >= 4 is 16.6 Å². The predicted molar refractivity (Wildman–Crippen MR) is 133 cm³/mol. The number of aliphatic hydroxyl groups excluding tert-OH is 1. The van der Waals surface area contributed by atoms with Crippen LogP contribution in [0.4, 0.5) is 27.6 Å². The Hall–Kier alpha value is -2.69. The molecule has 5 nitrogen and oxygen atoms in total. The number of alkyl halides is 3. The fourth-order valence-corrected chi connectivity index (χ4v) is 5.67. The molecular formula is C27H31F5N4O. The monoisotopic (exact) mass is 522 g/mol. The molecule has 200 valence electrons. The zero-order valence-corrected chi connectivity index (χ0v) is 20.6. The molecule has 0 amide bonds. The summed E-state index contributed by atoms with van der Waals surface area (Å²) >= 11 is 0. The first-order chi connectivity index (χ1) is 17.7. The number of benzene rings is 2. The summed E-state index contributed by atoms with van der Waals surface area (Å²) in [4.78, 5) is 6.66. The van der Waals surface area contributed by atoms with Crippen LogP contribution in [0.1, 0.15) is 36.2 Å². The summed E-state index contributed by atoms with van der Waals surface area (Å²) in [6.45, 7) is 1.09. The number of likely N-dealkylation sites (tertiary alicyclic amines) is 1. The molecule has 0 bridgehead atoms. The number of aromatic amines is 1. The average Bonchev–Trinajstić information content (AvgIpc) is 3.19. The van der Waals surface area contributed by atoms with Crippen LogP contribution in [0.2, 0.25) is 0 Å². The van der Waals surface area contributed by atoms with Crippen LogP contribution in [0, 0.1) is 11.6 Å². The lowest BCUT2D eigenvalue weighted by molar-refractivity contribution is -0.0869. The third-order valence-electron chi connectivity index (χ3n) is 7.45. The minimum atomic E-state index is -3.44. The summed E-state index contributed by atoms with van der Waals surface area (Å²) in [6.07, 6.45) is 0.868. The zero-order valence-electron chi connectivity index (χ0n) is 20.6. The zero-order chi connectivity index (χ0) is 26.3. The summed E-state index contributed by atoms with van der Waals surface area (Å²) in [6, 6.07) is 8.25. The van der Waals surface area contributed by atoms with Crippen molar-refractivity contribution in [3.8, 4) is 0 Å². The van der Waals surface area contributed by atoms with Crippen LogP contribution >= 0.6 is 0 Å². The van der Waals surface area contributed by atoms with Gasteiger partial charge in [0, 0.05) is 53.5 Å². The number of aromatic nitrogens is 1. The lowest BCUT2D eigenvalue weighted by Crippen LogP contribution is -2.54. The summed E-state index contributed by atoms with van der Waals surface area (Å²) in [5, 5.41) is 13.2. The van der Waals surface area contributed by atoms with Gasteiger partial charge in [0.25, 0.3) is 5.92 Å². The molecule has 2 aliphatic rings. The molecule has 1 saturated heterocycles. The van der Waals surface area contributed by atoms with Crippen molar-refractivity contribution in [3.63, 3.8) is 0 Å². The van der Waals surface area contributed by atoms with Gasteiger partial charge in [0.15, 0.2) is 0 Å². The van der Waals surface area contributed by atoms with E-state index in [-0.39, 0.29) is 24.0 Å². The topological polar surface area (TPSA) is 54.5 Å². The van der Waals surface area contributed by atoms with Gasteiger partial charge in [0.2, 0.25) is 0 Å². The van der Waals surface area contributed by atoms with Gasteiger partial charge < -0.3 is 15.4 Å². The number of para-hydroxylation sites is 1. The van der Waals surface area contributed by atoms with E-state index in [1.165, 1.54) is 17.0 Å². The van der Waals surface area contributed by atoms with Gasteiger partial charge in [-0.1, -0.05) is 18.2 Å². The second-order valence-corrected chi connectivity index (χ2v) is 10.2. The van der Waals surface area contributed by atoms with E-state index in [4.69, 9.17) is 0 Å². The van der Waals surface area contributed by atoms with E-state index in [9.17, 15) is 18.3 Å². The van der Waals surface area contributed by atoms with Gasteiger partial charge in [-0.2, -0.15) is 0 Å². The second-order valence-electron chi connectivity index (χ2n) is 10.2. The van der Waals surface area contributed by atoms with E-state index in [2.05, 4.69) is 15.2 Å². The molecule has 37 heavy (non-hydrogen) atoms. The molecular weight excluding hydrogens is 491 g/mol. The van der Waals surface area contributed by atoms with Gasteiger partial charge in [-0.05, 0) is 43.5 Å². The van der Waals surface area contributed by atoms with Crippen molar-refractivity contribution in [3.05, 3.63) is 64.9 Å². The Kier molecular flexibility index (Phi) is 7.17. The standard InChI is InChI=1S/C27H31F5N4O/c1-16-9-20-19-5-2-3-6-23(19)34-25(20)26(36(16)14-27(31,32)15-37)24-21(29)10-17(11-22(24)30)33-18-12-35(13-18)8-4-7-28/h2-3,5-6,10-11,16,18,26,33-34,37H,4,7-9,12-15H2,1H3/t16-,26?/m0/s1. The van der Waals surface area contributed by atoms with Gasteiger partial charge in [0.05, 0.1) is 25.3 Å². The summed E-state index contributed by atoms with van der Waals surface area (Å²) in [5.74, 6) is -5.11. The highest BCUT2D eigenvalue weighted by atomic mass is 19.3. The van der Waals surface area contributed by atoms with E-state index in [1.54, 1.807) is 6.92 Å². The Morgan fingerprint density at radius 2 is 1.84 bits per heavy atom. The third kappa shape index (κ3) is 5.06. The van der Waals surface area contributed by atoms with E-state index in [0.717, 1.165) is 16.5 Å². The van der Waals surface area contributed by atoms with E-state index < -0.39 is 42.8 Å². The fraction of sp³-hybridized carbons (Fsp3) is 0.481. The van der Waals surface area contributed by atoms with Gasteiger partial charge in [-0.25, -0.2) is 17.6 Å². The van der Waals surface area contributed by atoms with Gasteiger partial charge in [-0.15, -0.1) is 0 Å². The summed E-state index contributed by atoms with van der Waals surface area (Å²) in [7, 11) is 0.